The van der Waals surface area contributed by atoms with Gasteiger partial charge in [-0.25, -0.2) is 13.1 Å². The van der Waals surface area contributed by atoms with Gasteiger partial charge in [-0.1, -0.05) is 30.3 Å². The standard InChI is InChI=1S/C17H20N2O3S2/c20-17-11-15(18-24(21,22)16-8-10-23-13-16)12-19(17)9-4-7-14-5-2-1-3-6-14/h1-3,5-6,8,10,13,15,18H,4,7,9,11-12H2. The minimum Gasteiger partial charge on any atom is -0.341 e. The average molecular weight is 364 g/mol. The zero-order valence-electron chi connectivity index (χ0n) is 13.2. The van der Waals surface area contributed by atoms with Crippen LogP contribution in [0, 0.1) is 0 Å². The van der Waals surface area contributed by atoms with Gasteiger partial charge in [0.2, 0.25) is 15.9 Å². The molecule has 1 N–H and O–H groups in total. The molecule has 1 aromatic carbocycles. The molecule has 0 radical (unpaired) electrons. The van der Waals surface area contributed by atoms with Crippen LogP contribution in [-0.4, -0.2) is 38.4 Å². The molecule has 1 aliphatic heterocycles. The molecule has 3 rings (SSSR count). The van der Waals surface area contributed by atoms with E-state index in [1.54, 1.807) is 21.7 Å². The Balaban J connectivity index is 1.50. The topological polar surface area (TPSA) is 66.5 Å². The van der Waals surface area contributed by atoms with Crippen molar-refractivity contribution in [2.45, 2.75) is 30.2 Å². The van der Waals surface area contributed by atoms with Gasteiger partial charge in [0.25, 0.3) is 0 Å². The van der Waals surface area contributed by atoms with E-state index in [1.165, 1.54) is 16.9 Å². The van der Waals surface area contributed by atoms with Crippen molar-refractivity contribution in [1.29, 1.82) is 0 Å². The predicted octanol–water partition coefficient (Wildman–Crippen LogP) is 2.26. The van der Waals surface area contributed by atoms with E-state index in [2.05, 4.69) is 16.9 Å². The van der Waals surface area contributed by atoms with Crippen LogP contribution in [0.25, 0.3) is 0 Å². The normalized spacial score (nSPS) is 18.2. The molecule has 1 aliphatic rings. The summed E-state index contributed by atoms with van der Waals surface area (Å²) in [6, 6.07) is 11.4. The van der Waals surface area contributed by atoms with Gasteiger partial charge in [0.15, 0.2) is 0 Å². The molecule has 2 aromatic rings. The number of amides is 1. The number of carbonyl (C=O) groups is 1. The summed E-state index contributed by atoms with van der Waals surface area (Å²) in [6.07, 6.45) is 2.02. The number of sulfonamides is 1. The summed E-state index contributed by atoms with van der Waals surface area (Å²) in [5.41, 5.74) is 1.25. The first-order valence-corrected chi connectivity index (χ1v) is 10.3. The molecule has 1 atom stereocenters. The quantitative estimate of drug-likeness (QED) is 0.819. The second kappa shape index (κ2) is 7.46. The molecule has 0 spiro atoms. The van der Waals surface area contributed by atoms with E-state index in [4.69, 9.17) is 0 Å². The molecule has 0 saturated carbocycles. The molecule has 0 aliphatic carbocycles. The van der Waals surface area contributed by atoms with Gasteiger partial charge in [-0.05, 0) is 29.9 Å². The highest BCUT2D eigenvalue weighted by atomic mass is 32.2. The monoisotopic (exact) mass is 364 g/mol. The first-order valence-electron chi connectivity index (χ1n) is 7.91. The molecule has 1 aromatic heterocycles. The van der Waals surface area contributed by atoms with Crippen molar-refractivity contribution < 1.29 is 13.2 Å². The summed E-state index contributed by atoms with van der Waals surface area (Å²) in [6.45, 7) is 1.10. The first kappa shape index (κ1) is 17.1. The van der Waals surface area contributed by atoms with Crippen LogP contribution in [0.1, 0.15) is 18.4 Å². The Morgan fingerprint density at radius 1 is 1.21 bits per heavy atom. The second-order valence-corrected chi connectivity index (χ2v) is 8.40. The number of likely N-dealkylation sites (tertiary alicyclic amines) is 1. The summed E-state index contributed by atoms with van der Waals surface area (Å²) in [7, 11) is -3.53. The number of rotatable bonds is 7. The van der Waals surface area contributed by atoms with Crippen LogP contribution < -0.4 is 4.72 Å². The maximum Gasteiger partial charge on any atom is 0.241 e. The van der Waals surface area contributed by atoms with Crippen molar-refractivity contribution >= 4 is 27.3 Å². The molecule has 7 heteroatoms. The molecule has 0 bridgehead atoms. The van der Waals surface area contributed by atoms with E-state index in [0.717, 1.165) is 12.8 Å². The lowest BCUT2D eigenvalue weighted by molar-refractivity contribution is -0.127. The average Bonchev–Trinajstić information content (AvgIpc) is 3.19. The molecule has 1 fully saturated rings. The molecule has 5 nitrogen and oxygen atoms in total. The van der Waals surface area contributed by atoms with Crippen LogP contribution in [-0.2, 0) is 21.2 Å². The van der Waals surface area contributed by atoms with Crippen LogP contribution in [0.3, 0.4) is 0 Å². The number of nitrogens with zero attached hydrogens (tertiary/aromatic N) is 1. The van der Waals surface area contributed by atoms with E-state index < -0.39 is 10.0 Å². The molecule has 2 heterocycles. The van der Waals surface area contributed by atoms with Crippen molar-refractivity contribution in [3.05, 3.63) is 52.7 Å². The van der Waals surface area contributed by atoms with Gasteiger partial charge in [-0.2, -0.15) is 11.3 Å². The SMILES string of the molecule is O=C1CC(NS(=O)(=O)c2ccsc2)CN1CCCc1ccccc1. The van der Waals surface area contributed by atoms with Crippen LogP contribution >= 0.6 is 11.3 Å². The van der Waals surface area contributed by atoms with E-state index in [9.17, 15) is 13.2 Å². The maximum absolute atomic E-state index is 12.2. The number of hydrogen-bond donors (Lipinski definition) is 1. The number of nitrogens with one attached hydrogen (secondary N) is 1. The van der Waals surface area contributed by atoms with E-state index in [0.29, 0.717) is 13.1 Å². The maximum atomic E-state index is 12.2. The van der Waals surface area contributed by atoms with Crippen LogP contribution in [0.5, 0.6) is 0 Å². The summed E-state index contributed by atoms with van der Waals surface area (Å²) in [5, 5.41) is 3.32. The zero-order valence-corrected chi connectivity index (χ0v) is 14.9. The van der Waals surface area contributed by atoms with Crippen LogP contribution in [0.15, 0.2) is 52.1 Å². The Kier molecular flexibility index (Phi) is 5.33. The third-order valence-electron chi connectivity index (χ3n) is 4.08. The molecule has 1 saturated heterocycles. The molecule has 128 valence electrons. The fraction of sp³-hybridized carbons (Fsp3) is 0.353. The highest BCUT2D eigenvalue weighted by Crippen LogP contribution is 2.17. The lowest BCUT2D eigenvalue weighted by Crippen LogP contribution is -2.37. The van der Waals surface area contributed by atoms with E-state index in [1.807, 2.05) is 18.2 Å². The third kappa shape index (κ3) is 4.23. The lowest BCUT2D eigenvalue weighted by atomic mass is 10.1. The molecule has 24 heavy (non-hydrogen) atoms. The van der Waals surface area contributed by atoms with Crippen molar-refractivity contribution in [2.24, 2.45) is 0 Å². The van der Waals surface area contributed by atoms with Crippen LogP contribution in [0.4, 0.5) is 0 Å². The highest BCUT2D eigenvalue weighted by Gasteiger charge is 2.32. The summed E-state index contributed by atoms with van der Waals surface area (Å²) in [5.74, 6) is 0.0149. The van der Waals surface area contributed by atoms with E-state index >= 15 is 0 Å². The van der Waals surface area contributed by atoms with Crippen molar-refractivity contribution in [3.8, 4) is 0 Å². The Labute approximate surface area is 146 Å². The number of benzene rings is 1. The van der Waals surface area contributed by atoms with Crippen molar-refractivity contribution in [3.63, 3.8) is 0 Å². The Hall–Kier alpha value is -1.70. The van der Waals surface area contributed by atoms with Gasteiger partial charge < -0.3 is 4.90 Å². The van der Waals surface area contributed by atoms with Gasteiger partial charge in [-0.15, -0.1) is 0 Å². The minimum atomic E-state index is -3.53. The molecule has 1 unspecified atom stereocenters. The minimum absolute atomic E-state index is 0.0149. The number of aryl methyl sites for hydroxylation is 1. The fourth-order valence-electron chi connectivity index (χ4n) is 2.88. The van der Waals surface area contributed by atoms with Gasteiger partial charge in [0, 0.05) is 30.9 Å². The van der Waals surface area contributed by atoms with Gasteiger partial charge in [-0.3, -0.25) is 4.79 Å². The Bertz CT molecular complexity index is 773. The van der Waals surface area contributed by atoms with Gasteiger partial charge in [0.05, 0.1) is 4.90 Å². The van der Waals surface area contributed by atoms with Crippen LogP contribution in [0.2, 0.25) is 0 Å². The number of carbonyl (C=O) groups excluding carboxylic acids is 1. The first-order chi connectivity index (χ1) is 11.5. The largest absolute Gasteiger partial charge is 0.341 e. The van der Waals surface area contributed by atoms with Crippen molar-refractivity contribution in [2.75, 3.05) is 13.1 Å². The predicted molar refractivity (Wildman–Crippen MR) is 94.4 cm³/mol. The summed E-state index contributed by atoms with van der Waals surface area (Å²) >= 11 is 1.34. The zero-order chi connectivity index (χ0) is 17.0. The lowest BCUT2D eigenvalue weighted by Gasteiger charge is -2.17. The smallest absolute Gasteiger partial charge is 0.241 e. The number of thiophene rings is 1. The highest BCUT2D eigenvalue weighted by molar-refractivity contribution is 7.89. The summed E-state index contributed by atoms with van der Waals surface area (Å²) < 4.78 is 27.1. The summed E-state index contributed by atoms with van der Waals surface area (Å²) in [4.78, 5) is 14.1. The Morgan fingerprint density at radius 3 is 2.71 bits per heavy atom. The molecule has 1 amide bonds. The Morgan fingerprint density at radius 2 is 2.00 bits per heavy atom. The van der Waals surface area contributed by atoms with Crippen molar-refractivity contribution in [1.82, 2.24) is 9.62 Å². The molecular formula is C17H20N2O3S2. The fourth-order valence-corrected chi connectivity index (χ4v) is 5.13. The second-order valence-electron chi connectivity index (χ2n) is 5.91. The van der Waals surface area contributed by atoms with Gasteiger partial charge >= 0.3 is 0 Å². The molecular weight excluding hydrogens is 344 g/mol. The number of hydrogen-bond acceptors (Lipinski definition) is 4. The third-order valence-corrected chi connectivity index (χ3v) is 6.43. The van der Waals surface area contributed by atoms with E-state index in [-0.39, 0.29) is 23.3 Å². The van der Waals surface area contributed by atoms with Gasteiger partial charge in [0.1, 0.15) is 0 Å².